The Balaban J connectivity index is 2.24. The second-order valence-corrected chi connectivity index (χ2v) is 3.70. The van der Waals surface area contributed by atoms with E-state index in [0.29, 0.717) is 17.9 Å². The summed E-state index contributed by atoms with van der Waals surface area (Å²) in [6.45, 7) is 1.78. The van der Waals surface area contributed by atoms with E-state index in [-0.39, 0.29) is 17.6 Å². The van der Waals surface area contributed by atoms with Crippen molar-refractivity contribution in [2.45, 2.75) is 13.3 Å². The fourth-order valence-corrected chi connectivity index (χ4v) is 1.63. The van der Waals surface area contributed by atoms with Crippen LogP contribution in [0.25, 0.3) is 0 Å². The molecule has 90 valence electrons. The lowest BCUT2D eigenvalue weighted by Crippen LogP contribution is -1.94. The van der Waals surface area contributed by atoms with Gasteiger partial charge in [-0.25, -0.2) is 4.39 Å². The summed E-state index contributed by atoms with van der Waals surface area (Å²) in [7, 11) is 1.43. The molecule has 0 saturated heterocycles. The van der Waals surface area contributed by atoms with Gasteiger partial charge in [0, 0.05) is 6.42 Å². The number of oxazole rings is 1. The Hall–Kier alpha value is -2.04. The maximum Gasteiger partial charge on any atom is 0.292 e. The molecule has 0 aliphatic rings. The third-order valence-electron chi connectivity index (χ3n) is 2.50. The van der Waals surface area contributed by atoms with Gasteiger partial charge in [-0.15, -0.1) is 0 Å². The largest absolute Gasteiger partial charge is 0.494 e. The number of aryl methyl sites for hydroxylation is 1. The van der Waals surface area contributed by atoms with Gasteiger partial charge in [0.1, 0.15) is 5.76 Å². The number of rotatable bonds is 3. The molecular formula is C12H13FN2O2. The second-order valence-electron chi connectivity index (χ2n) is 3.70. The molecule has 4 nitrogen and oxygen atoms in total. The molecule has 0 radical (unpaired) electrons. The number of benzene rings is 1. The van der Waals surface area contributed by atoms with Crippen LogP contribution in [0.3, 0.4) is 0 Å². The van der Waals surface area contributed by atoms with Crippen molar-refractivity contribution >= 4 is 6.01 Å². The van der Waals surface area contributed by atoms with Crippen LogP contribution in [0.2, 0.25) is 0 Å². The monoisotopic (exact) mass is 236 g/mol. The third kappa shape index (κ3) is 2.38. The number of ether oxygens (including phenoxy) is 1. The van der Waals surface area contributed by atoms with E-state index in [2.05, 4.69) is 4.98 Å². The Kier molecular flexibility index (Phi) is 2.99. The van der Waals surface area contributed by atoms with Crippen molar-refractivity contribution in [1.82, 2.24) is 4.98 Å². The summed E-state index contributed by atoms with van der Waals surface area (Å²) in [5.74, 6) is 0.489. The van der Waals surface area contributed by atoms with Crippen molar-refractivity contribution in [1.29, 1.82) is 0 Å². The SMILES string of the molecule is COc1ccc(Cc2nc(N)oc2C)cc1F. The summed E-state index contributed by atoms with van der Waals surface area (Å²) in [6, 6.07) is 4.92. The van der Waals surface area contributed by atoms with Crippen LogP contribution in [0.1, 0.15) is 17.0 Å². The van der Waals surface area contributed by atoms with Gasteiger partial charge >= 0.3 is 0 Å². The van der Waals surface area contributed by atoms with Crippen molar-refractivity contribution in [3.8, 4) is 5.75 Å². The zero-order chi connectivity index (χ0) is 12.4. The summed E-state index contributed by atoms with van der Waals surface area (Å²) in [5, 5.41) is 0. The number of nitrogen functional groups attached to an aromatic ring is 1. The highest BCUT2D eigenvalue weighted by Crippen LogP contribution is 2.21. The molecule has 2 N–H and O–H groups in total. The zero-order valence-electron chi connectivity index (χ0n) is 9.66. The number of anilines is 1. The van der Waals surface area contributed by atoms with Gasteiger partial charge in [-0.2, -0.15) is 4.98 Å². The quantitative estimate of drug-likeness (QED) is 0.888. The van der Waals surface area contributed by atoms with Crippen LogP contribution in [-0.4, -0.2) is 12.1 Å². The van der Waals surface area contributed by atoms with E-state index >= 15 is 0 Å². The van der Waals surface area contributed by atoms with Gasteiger partial charge in [0.15, 0.2) is 11.6 Å². The highest BCUT2D eigenvalue weighted by molar-refractivity contribution is 5.32. The first-order valence-corrected chi connectivity index (χ1v) is 5.14. The van der Waals surface area contributed by atoms with Crippen LogP contribution in [-0.2, 0) is 6.42 Å². The Morgan fingerprint density at radius 3 is 2.76 bits per heavy atom. The van der Waals surface area contributed by atoms with Gasteiger partial charge in [-0.1, -0.05) is 6.07 Å². The topological polar surface area (TPSA) is 61.3 Å². The molecule has 0 spiro atoms. The Labute approximate surface area is 98.2 Å². The maximum atomic E-state index is 13.5. The summed E-state index contributed by atoms with van der Waals surface area (Å²) in [4.78, 5) is 4.04. The van der Waals surface area contributed by atoms with Gasteiger partial charge in [-0.3, -0.25) is 0 Å². The van der Waals surface area contributed by atoms with Crippen LogP contribution in [0.15, 0.2) is 22.6 Å². The van der Waals surface area contributed by atoms with Crippen LogP contribution in [0.4, 0.5) is 10.4 Å². The van der Waals surface area contributed by atoms with E-state index in [9.17, 15) is 4.39 Å². The molecular weight excluding hydrogens is 223 g/mol. The number of nitrogens with zero attached hydrogens (tertiary/aromatic N) is 1. The van der Waals surface area contributed by atoms with E-state index < -0.39 is 0 Å². The highest BCUT2D eigenvalue weighted by Gasteiger charge is 2.10. The van der Waals surface area contributed by atoms with Gasteiger partial charge in [-0.05, 0) is 24.6 Å². The summed E-state index contributed by atoms with van der Waals surface area (Å²) in [5.41, 5.74) is 6.94. The van der Waals surface area contributed by atoms with Gasteiger partial charge in [0.25, 0.3) is 6.01 Å². The lowest BCUT2D eigenvalue weighted by molar-refractivity contribution is 0.386. The van der Waals surface area contributed by atoms with Gasteiger partial charge in [0.05, 0.1) is 12.8 Å². The number of hydrogen-bond donors (Lipinski definition) is 1. The molecule has 2 rings (SSSR count). The first-order chi connectivity index (χ1) is 8.10. The normalized spacial score (nSPS) is 10.5. The molecule has 0 amide bonds. The molecule has 0 unspecified atom stereocenters. The predicted molar refractivity (Wildman–Crippen MR) is 61.4 cm³/mol. The number of hydrogen-bond acceptors (Lipinski definition) is 4. The number of halogens is 1. The van der Waals surface area contributed by atoms with Crippen molar-refractivity contribution in [3.63, 3.8) is 0 Å². The zero-order valence-corrected chi connectivity index (χ0v) is 9.66. The summed E-state index contributed by atoms with van der Waals surface area (Å²) >= 11 is 0. The second kappa shape index (κ2) is 4.45. The molecule has 2 aromatic rings. The first kappa shape index (κ1) is 11.4. The first-order valence-electron chi connectivity index (χ1n) is 5.14. The summed E-state index contributed by atoms with van der Waals surface area (Å²) in [6.07, 6.45) is 0.480. The molecule has 17 heavy (non-hydrogen) atoms. The Morgan fingerprint density at radius 2 is 2.24 bits per heavy atom. The Bertz CT molecular complexity index is 537. The molecule has 0 atom stereocenters. The van der Waals surface area contributed by atoms with E-state index in [1.54, 1.807) is 19.1 Å². The maximum absolute atomic E-state index is 13.5. The molecule has 0 aliphatic carbocycles. The number of methoxy groups -OCH3 is 1. The molecule has 0 aliphatic heterocycles. The molecule has 1 aromatic heterocycles. The van der Waals surface area contributed by atoms with Crippen LogP contribution in [0, 0.1) is 12.7 Å². The standard InChI is InChI=1S/C12H13FN2O2/c1-7-10(15-12(14)17-7)6-8-3-4-11(16-2)9(13)5-8/h3-5H,6H2,1-2H3,(H2,14,15). The Morgan fingerprint density at radius 1 is 1.47 bits per heavy atom. The van der Waals surface area contributed by atoms with E-state index in [1.807, 2.05) is 0 Å². The van der Waals surface area contributed by atoms with Crippen LogP contribution < -0.4 is 10.5 Å². The smallest absolute Gasteiger partial charge is 0.292 e. The van der Waals surface area contributed by atoms with Gasteiger partial charge in [0.2, 0.25) is 0 Å². The molecule has 0 bridgehead atoms. The molecule has 0 saturated carbocycles. The highest BCUT2D eigenvalue weighted by atomic mass is 19.1. The molecule has 5 heteroatoms. The van der Waals surface area contributed by atoms with Crippen LogP contribution >= 0.6 is 0 Å². The lowest BCUT2D eigenvalue weighted by Gasteiger charge is -2.04. The molecule has 1 aromatic carbocycles. The van der Waals surface area contributed by atoms with E-state index in [4.69, 9.17) is 14.9 Å². The van der Waals surface area contributed by atoms with Crippen LogP contribution in [0.5, 0.6) is 5.75 Å². The number of aromatic nitrogens is 1. The minimum atomic E-state index is -0.390. The average Bonchev–Trinajstić information content (AvgIpc) is 2.58. The van der Waals surface area contributed by atoms with E-state index in [1.165, 1.54) is 13.2 Å². The fraction of sp³-hybridized carbons (Fsp3) is 0.250. The van der Waals surface area contributed by atoms with Crippen molar-refractivity contribution in [2.75, 3.05) is 12.8 Å². The van der Waals surface area contributed by atoms with E-state index in [0.717, 1.165) is 5.56 Å². The molecule has 1 heterocycles. The number of nitrogens with two attached hydrogens (primary N) is 1. The predicted octanol–water partition coefficient (Wildman–Crippen LogP) is 2.30. The fourth-order valence-electron chi connectivity index (χ4n) is 1.63. The lowest BCUT2D eigenvalue weighted by atomic mass is 10.1. The summed E-state index contributed by atoms with van der Waals surface area (Å²) < 4.78 is 23.4. The van der Waals surface area contributed by atoms with Crippen molar-refractivity contribution in [3.05, 3.63) is 41.0 Å². The average molecular weight is 236 g/mol. The minimum absolute atomic E-state index is 0.131. The van der Waals surface area contributed by atoms with Crippen molar-refractivity contribution < 1.29 is 13.5 Å². The minimum Gasteiger partial charge on any atom is -0.494 e. The van der Waals surface area contributed by atoms with Crippen molar-refractivity contribution in [2.24, 2.45) is 0 Å². The van der Waals surface area contributed by atoms with Gasteiger partial charge < -0.3 is 14.9 Å². The molecule has 0 fully saturated rings. The third-order valence-corrected chi connectivity index (χ3v) is 2.50.